The van der Waals surface area contributed by atoms with E-state index in [1.807, 2.05) is 46.1 Å². The summed E-state index contributed by atoms with van der Waals surface area (Å²) < 4.78 is 14.1. The average molecular weight is 1450 g/mol. The second-order valence-electron chi connectivity index (χ2n) is 28.6. The molecule has 0 amide bonds. The molecule has 0 aliphatic carbocycles. The van der Waals surface area contributed by atoms with Crippen molar-refractivity contribution in [2.45, 2.75) is 0 Å². The number of anilines is 6. The summed E-state index contributed by atoms with van der Waals surface area (Å²) >= 11 is 5.61. The van der Waals surface area contributed by atoms with Crippen molar-refractivity contribution in [1.29, 1.82) is 0 Å². The number of furan rings is 1. The van der Waals surface area contributed by atoms with Crippen molar-refractivity contribution < 1.29 is 4.42 Å². The number of rotatable bonds is 13. The molecule has 6 heteroatoms. The molecule has 0 atom stereocenters. The van der Waals surface area contributed by atoms with Gasteiger partial charge in [0.1, 0.15) is 11.2 Å². The molecule has 0 saturated heterocycles. The Labute approximate surface area is 647 Å². The van der Waals surface area contributed by atoms with Crippen LogP contribution in [0.5, 0.6) is 0 Å². The SMILES string of the molecule is c1cc(-c2ccc(N(c3ccc(-c4cccc5c4sc4cccc(-c6cccc7c(-c8cccc(-c9ccc(N(c%10ccc(-c%11cccc%12c%11sc%11ccccc%11%12)cc%10)c%10ccc%11oc%12ccccc%12c%11c%10)cc9)c8)cccc67)c45)cc3)c3ccc4sc5ccccc5c4c3)cc2)cc(-c2cccc3ccccc23)c1. The fourth-order valence-corrected chi connectivity index (χ4v) is 20.7. The van der Waals surface area contributed by atoms with E-state index in [4.69, 9.17) is 4.42 Å². The van der Waals surface area contributed by atoms with Crippen LogP contribution in [0.25, 0.3) is 182 Å². The van der Waals surface area contributed by atoms with Gasteiger partial charge in [0.2, 0.25) is 0 Å². The zero-order chi connectivity index (χ0) is 72.3. The monoisotopic (exact) mass is 1450 g/mol. The number of hydrogen-bond acceptors (Lipinski definition) is 6. The molecule has 0 unspecified atom stereocenters. The van der Waals surface area contributed by atoms with Gasteiger partial charge in [-0.1, -0.05) is 267 Å². The van der Waals surface area contributed by atoms with Crippen LogP contribution in [0.1, 0.15) is 0 Å². The molecule has 4 aromatic heterocycles. The largest absolute Gasteiger partial charge is 0.456 e. The number of nitrogens with zero attached hydrogens (tertiary/aromatic N) is 2. The van der Waals surface area contributed by atoms with E-state index in [0.717, 1.165) is 67.2 Å². The lowest BCUT2D eigenvalue weighted by molar-refractivity contribution is 0.669. The van der Waals surface area contributed by atoms with E-state index in [0.29, 0.717) is 0 Å². The van der Waals surface area contributed by atoms with Gasteiger partial charge in [-0.25, -0.2) is 0 Å². The maximum Gasteiger partial charge on any atom is 0.135 e. The van der Waals surface area contributed by atoms with E-state index >= 15 is 0 Å². The summed E-state index contributed by atoms with van der Waals surface area (Å²) in [7, 11) is 0. The fraction of sp³-hybridized carbons (Fsp3) is 0. The Kier molecular flexibility index (Phi) is 15.2. The average Bonchev–Trinajstić information content (AvgIpc) is 1.55. The van der Waals surface area contributed by atoms with E-state index in [1.54, 1.807) is 0 Å². The molecule has 18 aromatic carbocycles. The zero-order valence-electron chi connectivity index (χ0n) is 59.5. The zero-order valence-corrected chi connectivity index (χ0v) is 61.9. The van der Waals surface area contributed by atoms with Crippen LogP contribution < -0.4 is 9.80 Å². The van der Waals surface area contributed by atoms with Crippen molar-refractivity contribution in [3.8, 4) is 77.9 Å². The summed E-state index contributed by atoms with van der Waals surface area (Å²) in [6.07, 6.45) is 0. The summed E-state index contributed by atoms with van der Waals surface area (Å²) in [5.41, 5.74) is 25.0. The molecule has 22 aromatic rings. The van der Waals surface area contributed by atoms with E-state index in [1.165, 1.54) is 149 Å². The molecule has 0 N–H and O–H groups in total. The van der Waals surface area contributed by atoms with Crippen LogP contribution in [-0.4, -0.2) is 0 Å². The molecular weight excluding hydrogens is 1390 g/mol. The highest BCUT2D eigenvalue weighted by molar-refractivity contribution is 7.27. The van der Waals surface area contributed by atoms with Gasteiger partial charge in [-0.15, -0.1) is 34.0 Å². The lowest BCUT2D eigenvalue weighted by Crippen LogP contribution is -2.09. The topological polar surface area (TPSA) is 19.6 Å². The van der Waals surface area contributed by atoms with E-state index in [9.17, 15) is 0 Å². The van der Waals surface area contributed by atoms with Crippen LogP contribution in [-0.2, 0) is 0 Å². The van der Waals surface area contributed by atoms with Gasteiger partial charge in [0.25, 0.3) is 0 Å². The molecule has 0 radical (unpaired) electrons. The van der Waals surface area contributed by atoms with Crippen LogP contribution in [0.4, 0.5) is 34.1 Å². The lowest BCUT2D eigenvalue weighted by atomic mass is 9.90. The molecule has 514 valence electrons. The Balaban J connectivity index is 0.579. The highest BCUT2D eigenvalue weighted by Gasteiger charge is 2.23. The summed E-state index contributed by atoms with van der Waals surface area (Å²) in [5, 5.41) is 14.8. The molecule has 0 spiro atoms. The quantitative estimate of drug-likeness (QED) is 0.115. The summed E-state index contributed by atoms with van der Waals surface area (Å²) in [5.74, 6) is 0. The second kappa shape index (κ2) is 26.2. The van der Waals surface area contributed by atoms with Crippen molar-refractivity contribution >= 4 is 172 Å². The molecule has 22 rings (SSSR count). The predicted molar refractivity (Wildman–Crippen MR) is 475 cm³/mol. The first-order valence-corrected chi connectivity index (χ1v) is 39.9. The van der Waals surface area contributed by atoms with Gasteiger partial charge >= 0.3 is 0 Å². The van der Waals surface area contributed by atoms with Crippen LogP contribution in [0.15, 0.2) is 393 Å². The van der Waals surface area contributed by atoms with Crippen LogP contribution >= 0.6 is 34.0 Å². The van der Waals surface area contributed by atoms with Crippen LogP contribution in [0.2, 0.25) is 0 Å². The third-order valence-electron chi connectivity index (χ3n) is 22.3. The van der Waals surface area contributed by atoms with Gasteiger partial charge < -0.3 is 14.2 Å². The van der Waals surface area contributed by atoms with Crippen molar-refractivity contribution in [2.75, 3.05) is 9.80 Å². The first-order chi connectivity index (χ1) is 54.5. The Morgan fingerprint density at radius 2 is 0.564 bits per heavy atom. The van der Waals surface area contributed by atoms with Gasteiger partial charge in [-0.05, 0) is 221 Å². The minimum absolute atomic E-state index is 0.873. The number of thiophene rings is 3. The summed E-state index contributed by atoms with van der Waals surface area (Å²) in [6.45, 7) is 0. The summed E-state index contributed by atoms with van der Waals surface area (Å²) in [6, 6.07) is 143. The second-order valence-corrected chi connectivity index (χ2v) is 31.7. The number of fused-ring (bicyclic) bond motifs is 14. The summed E-state index contributed by atoms with van der Waals surface area (Å²) in [4.78, 5) is 4.78. The predicted octanol–water partition coefficient (Wildman–Crippen LogP) is 31.6. The number of benzene rings is 18. The Bertz CT molecular complexity index is 7400. The molecular formula is C104H64N2OS3. The Hall–Kier alpha value is -13.5. The standard InChI is InChI=1S/C104H64N2OS3/c1-2-23-80-67(17-1)18-11-27-81(80)72-21-9-19-70(61-72)65-43-51-75(52-44-65)106(79-58-60-100-95(64-79)90-26-5-7-38-98(90)108-100)77-55-47-69(48-56-77)84-30-14-36-93-102-91(34-16-40-101(102)110-104(84)93)87-33-15-31-85-82(28-12-32-86(85)87)73-22-10-20-71(62-73)66-41-49-74(50-42-66)105(78-57-59-97-94(63-78)88-24-3-6-37-96(88)107-97)76-53-45-68(46-54-76)83-29-13-35-92-89-25-4-8-39-99(89)109-103(83)92/h1-64H. The van der Waals surface area contributed by atoms with Gasteiger partial charge in [0.15, 0.2) is 0 Å². The number of para-hydroxylation sites is 1. The lowest BCUT2D eigenvalue weighted by Gasteiger charge is -2.26. The van der Waals surface area contributed by atoms with Gasteiger partial charge in [0.05, 0.1) is 0 Å². The normalized spacial score (nSPS) is 11.8. The van der Waals surface area contributed by atoms with Crippen molar-refractivity contribution in [1.82, 2.24) is 0 Å². The van der Waals surface area contributed by atoms with E-state index in [-0.39, 0.29) is 0 Å². The molecule has 110 heavy (non-hydrogen) atoms. The van der Waals surface area contributed by atoms with Gasteiger partial charge in [-0.3, -0.25) is 0 Å². The van der Waals surface area contributed by atoms with Crippen molar-refractivity contribution in [3.05, 3.63) is 388 Å². The smallest absolute Gasteiger partial charge is 0.135 e. The Morgan fingerprint density at radius 1 is 0.182 bits per heavy atom. The third kappa shape index (κ3) is 10.8. The molecule has 0 saturated carbocycles. The minimum atomic E-state index is 0.873. The van der Waals surface area contributed by atoms with Gasteiger partial charge in [0, 0.05) is 105 Å². The van der Waals surface area contributed by atoms with Crippen LogP contribution in [0, 0.1) is 0 Å². The van der Waals surface area contributed by atoms with Crippen LogP contribution in [0.3, 0.4) is 0 Å². The van der Waals surface area contributed by atoms with E-state index in [2.05, 4.69) is 386 Å². The molecule has 0 bridgehead atoms. The molecule has 0 aliphatic rings. The highest BCUT2D eigenvalue weighted by Crippen LogP contribution is 2.50. The van der Waals surface area contributed by atoms with E-state index < -0.39 is 0 Å². The molecule has 4 heterocycles. The minimum Gasteiger partial charge on any atom is -0.456 e. The van der Waals surface area contributed by atoms with Gasteiger partial charge in [-0.2, -0.15) is 0 Å². The first-order valence-electron chi connectivity index (χ1n) is 37.4. The molecule has 3 nitrogen and oxygen atoms in total. The van der Waals surface area contributed by atoms with Crippen molar-refractivity contribution in [2.24, 2.45) is 0 Å². The maximum absolute atomic E-state index is 6.36. The highest BCUT2D eigenvalue weighted by atomic mass is 32.1. The molecule has 0 aliphatic heterocycles. The maximum atomic E-state index is 6.36. The molecule has 0 fully saturated rings. The van der Waals surface area contributed by atoms with Crippen molar-refractivity contribution in [3.63, 3.8) is 0 Å². The number of hydrogen-bond donors (Lipinski definition) is 0. The first kappa shape index (κ1) is 63.8. The third-order valence-corrected chi connectivity index (χ3v) is 25.9. The fourth-order valence-electron chi connectivity index (χ4n) is 17.1. The Morgan fingerprint density at radius 3 is 1.21 bits per heavy atom.